The molecular weight excluding hydrogens is 417 g/mol. The van der Waals surface area contributed by atoms with Gasteiger partial charge in [0, 0.05) is 17.0 Å². The Morgan fingerprint density at radius 2 is 2.03 bits per heavy atom. The van der Waals surface area contributed by atoms with Crippen molar-refractivity contribution in [2.75, 3.05) is 19.0 Å². The Morgan fingerprint density at radius 1 is 1.23 bits per heavy atom. The number of benzene rings is 2. The maximum absolute atomic E-state index is 13.0. The summed E-state index contributed by atoms with van der Waals surface area (Å²) < 4.78 is 18.3. The molecule has 160 valence electrons. The number of methoxy groups -OCH3 is 1. The fourth-order valence-corrected chi connectivity index (χ4v) is 4.62. The van der Waals surface area contributed by atoms with E-state index in [0.29, 0.717) is 30.1 Å². The van der Waals surface area contributed by atoms with Gasteiger partial charge >= 0.3 is 0 Å². The van der Waals surface area contributed by atoms with Crippen LogP contribution in [0.25, 0.3) is 0 Å². The number of amides is 2. The SMILES string of the molecule is COc1cccc(CCNC(=O)C2CCc3sc(NC(=O)c4ccc(F)cc4)nc32)c1. The van der Waals surface area contributed by atoms with Gasteiger partial charge in [0.25, 0.3) is 5.91 Å². The third-order valence-electron chi connectivity index (χ3n) is 5.21. The van der Waals surface area contributed by atoms with Crippen LogP contribution in [-0.4, -0.2) is 30.5 Å². The van der Waals surface area contributed by atoms with E-state index < -0.39 is 5.82 Å². The Balaban J connectivity index is 1.34. The lowest BCUT2D eigenvalue weighted by Crippen LogP contribution is -2.30. The van der Waals surface area contributed by atoms with Crippen LogP contribution in [0.2, 0.25) is 0 Å². The van der Waals surface area contributed by atoms with E-state index in [-0.39, 0.29) is 17.7 Å². The first-order valence-corrected chi connectivity index (χ1v) is 10.8. The van der Waals surface area contributed by atoms with Gasteiger partial charge in [0.2, 0.25) is 5.91 Å². The molecule has 1 aromatic heterocycles. The Morgan fingerprint density at radius 3 is 2.81 bits per heavy atom. The van der Waals surface area contributed by atoms with Crippen LogP contribution in [0.5, 0.6) is 5.75 Å². The van der Waals surface area contributed by atoms with Crippen molar-refractivity contribution in [2.24, 2.45) is 0 Å². The van der Waals surface area contributed by atoms with Crippen LogP contribution in [-0.2, 0) is 17.6 Å². The summed E-state index contributed by atoms with van der Waals surface area (Å²) in [6.07, 6.45) is 2.18. The molecule has 2 aromatic carbocycles. The molecule has 1 atom stereocenters. The number of rotatable bonds is 7. The lowest BCUT2D eigenvalue weighted by molar-refractivity contribution is -0.122. The van der Waals surface area contributed by atoms with E-state index in [0.717, 1.165) is 28.3 Å². The van der Waals surface area contributed by atoms with Crippen LogP contribution >= 0.6 is 11.3 Å². The first-order valence-electron chi connectivity index (χ1n) is 10.0. The number of hydrogen-bond donors (Lipinski definition) is 2. The highest BCUT2D eigenvalue weighted by Gasteiger charge is 2.32. The highest BCUT2D eigenvalue weighted by molar-refractivity contribution is 7.16. The maximum Gasteiger partial charge on any atom is 0.257 e. The van der Waals surface area contributed by atoms with Gasteiger partial charge in [-0.05, 0) is 61.2 Å². The number of hydrogen-bond acceptors (Lipinski definition) is 5. The Hall–Kier alpha value is -3.26. The lowest BCUT2D eigenvalue weighted by Gasteiger charge is -2.11. The summed E-state index contributed by atoms with van der Waals surface area (Å²) in [5.74, 6) is -0.324. The molecule has 1 unspecified atom stereocenters. The van der Waals surface area contributed by atoms with Gasteiger partial charge in [-0.1, -0.05) is 12.1 Å². The highest BCUT2D eigenvalue weighted by atomic mass is 32.1. The summed E-state index contributed by atoms with van der Waals surface area (Å²) in [6, 6.07) is 13.1. The van der Waals surface area contributed by atoms with Gasteiger partial charge in [-0.15, -0.1) is 11.3 Å². The molecule has 1 aliphatic carbocycles. The van der Waals surface area contributed by atoms with Gasteiger partial charge in [-0.25, -0.2) is 9.37 Å². The minimum atomic E-state index is -0.398. The van der Waals surface area contributed by atoms with Gasteiger partial charge in [-0.2, -0.15) is 0 Å². The van der Waals surface area contributed by atoms with E-state index in [2.05, 4.69) is 15.6 Å². The number of carbonyl (C=O) groups is 2. The van der Waals surface area contributed by atoms with Crippen molar-refractivity contribution in [1.29, 1.82) is 0 Å². The molecule has 0 radical (unpaired) electrons. The van der Waals surface area contributed by atoms with Crippen LogP contribution in [0.4, 0.5) is 9.52 Å². The van der Waals surface area contributed by atoms with E-state index in [1.807, 2.05) is 24.3 Å². The largest absolute Gasteiger partial charge is 0.497 e. The van der Waals surface area contributed by atoms with Crippen LogP contribution < -0.4 is 15.4 Å². The van der Waals surface area contributed by atoms with Crippen molar-refractivity contribution < 1.29 is 18.7 Å². The smallest absolute Gasteiger partial charge is 0.257 e. The Kier molecular flexibility index (Phi) is 6.27. The van der Waals surface area contributed by atoms with Gasteiger partial charge in [-0.3, -0.25) is 14.9 Å². The zero-order valence-electron chi connectivity index (χ0n) is 17.0. The van der Waals surface area contributed by atoms with E-state index >= 15 is 0 Å². The molecular formula is C23H22FN3O3S. The molecule has 0 bridgehead atoms. The molecule has 3 aromatic rings. The molecule has 6 nitrogen and oxygen atoms in total. The zero-order chi connectivity index (χ0) is 21.8. The number of nitrogens with one attached hydrogen (secondary N) is 2. The summed E-state index contributed by atoms with van der Waals surface area (Å²) in [4.78, 5) is 30.6. The minimum Gasteiger partial charge on any atom is -0.497 e. The van der Waals surface area contributed by atoms with E-state index in [9.17, 15) is 14.0 Å². The highest BCUT2D eigenvalue weighted by Crippen LogP contribution is 2.38. The molecule has 31 heavy (non-hydrogen) atoms. The van der Waals surface area contributed by atoms with E-state index in [1.54, 1.807) is 7.11 Å². The second kappa shape index (κ2) is 9.26. The van der Waals surface area contributed by atoms with Crippen molar-refractivity contribution in [3.05, 3.63) is 76.0 Å². The first kappa shape index (κ1) is 21.0. The number of anilines is 1. The second-order valence-electron chi connectivity index (χ2n) is 7.27. The summed E-state index contributed by atoms with van der Waals surface area (Å²) >= 11 is 1.38. The molecule has 8 heteroatoms. The predicted molar refractivity (Wildman–Crippen MR) is 117 cm³/mol. The second-order valence-corrected chi connectivity index (χ2v) is 8.36. The van der Waals surface area contributed by atoms with Gasteiger partial charge in [0.1, 0.15) is 11.6 Å². The monoisotopic (exact) mass is 439 g/mol. The average molecular weight is 440 g/mol. The number of carbonyl (C=O) groups excluding carboxylic acids is 2. The Bertz CT molecular complexity index is 1100. The lowest BCUT2D eigenvalue weighted by atomic mass is 10.1. The molecule has 1 aliphatic rings. The van der Waals surface area contributed by atoms with Crippen molar-refractivity contribution in [3.8, 4) is 5.75 Å². The average Bonchev–Trinajstić information content (AvgIpc) is 3.34. The molecule has 0 aliphatic heterocycles. The standard InChI is InChI=1S/C23H22FN3O3S/c1-30-17-4-2-3-14(13-17)11-12-25-22(29)18-9-10-19-20(18)26-23(31-19)27-21(28)15-5-7-16(24)8-6-15/h2-8,13,18H,9-12H2,1H3,(H,25,29)(H,26,27,28). The van der Waals surface area contributed by atoms with Crippen LogP contribution in [0.1, 0.15) is 38.8 Å². The minimum absolute atomic E-state index is 0.0524. The molecule has 4 rings (SSSR count). The summed E-state index contributed by atoms with van der Waals surface area (Å²) in [6.45, 7) is 0.524. The van der Waals surface area contributed by atoms with Crippen LogP contribution in [0.15, 0.2) is 48.5 Å². The number of aryl methyl sites for hydroxylation is 1. The number of nitrogens with zero attached hydrogens (tertiary/aromatic N) is 1. The van der Waals surface area contributed by atoms with Crippen molar-refractivity contribution in [2.45, 2.75) is 25.2 Å². The normalized spacial score (nSPS) is 14.7. The quantitative estimate of drug-likeness (QED) is 0.585. The van der Waals surface area contributed by atoms with Crippen LogP contribution in [0, 0.1) is 5.82 Å². The number of fused-ring (bicyclic) bond motifs is 1. The van der Waals surface area contributed by atoms with Crippen LogP contribution in [0.3, 0.4) is 0 Å². The van der Waals surface area contributed by atoms with E-state index in [1.165, 1.54) is 35.6 Å². The third-order valence-corrected chi connectivity index (χ3v) is 6.25. The maximum atomic E-state index is 13.0. The van der Waals surface area contributed by atoms with Crippen molar-refractivity contribution in [3.63, 3.8) is 0 Å². The number of aromatic nitrogens is 1. The topological polar surface area (TPSA) is 80.3 Å². The van der Waals surface area contributed by atoms with Crippen molar-refractivity contribution in [1.82, 2.24) is 10.3 Å². The number of halogens is 1. The molecule has 0 saturated carbocycles. The third kappa shape index (κ3) is 4.91. The van der Waals surface area contributed by atoms with Gasteiger partial charge in [0.15, 0.2) is 5.13 Å². The van der Waals surface area contributed by atoms with Gasteiger partial charge in [0.05, 0.1) is 18.7 Å². The summed E-state index contributed by atoms with van der Waals surface area (Å²) in [5, 5.41) is 6.19. The fourth-order valence-electron chi connectivity index (χ4n) is 3.59. The first-order chi connectivity index (χ1) is 15.0. The predicted octanol–water partition coefficient (Wildman–Crippen LogP) is 3.93. The molecule has 0 spiro atoms. The zero-order valence-corrected chi connectivity index (χ0v) is 17.8. The molecule has 2 amide bonds. The molecule has 2 N–H and O–H groups in total. The molecule has 0 fully saturated rings. The number of thiazole rings is 1. The summed E-state index contributed by atoms with van der Waals surface area (Å²) in [7, 11) is 1.63. The molecule has 0 saturated heterocycles. The fraction of sp³-hybridized carbons (Fsp3) is 0.261. The van der Waals surface area contributed by atoms with Gasteiger partial charge < -0.3 is 10.1 Å². The van der Waals surface area contributed by atoms with E-state index in [4.69, 9.17) is 4.74 Å². The Labute approximate surface area is 183 Å². The number of ether oxygens (including phenoxy) is 1. The summed E-state index contributed by atoms with van der Waals surface area (Å²) in [5.41, 5.74) is 2.17. The van der Waals surface area contributed by atoms with Crippen molar-refractivity contribution >= 4 is 28.3 Å². The molecule has 1 heterocycles.